The Bertz CT molecular complexity index is 560. The molecule has 2 rings (SSSR count). The van der Waals surface area contributed by atoms with E-state index in [1.54, 1.807) is 0 Å². The Morgan fingerprint density at radius 1 is 1.19 bits per heavy atom. The number of hydrogen-bond acceptors (Lipinski definition) is 3. The van der Waals surface area contributed by atoms with Crippen LogP contribution in [0.5, 0.6) is 5.75 Å². The van der Waals surface area contributed by atoms with Crippen molar-refractivity contribution in [3.63, 3.8) is 0 Å². The van der Waals surface area contributed by atoms with Gasteiger partial charge in [0.05, 0.1) is 11.6 Å². The molecule has 0 aliphatic heterocycles. The third-order valence-electron chi connectivity index (χ3n) is 3.40. The Labute approximate surface area is 127 Å². The monoisotopic (exact) mass is 289 g/mol. The number of rotatable bonds is 8. The Kier molecular flexibility index (Phi) is 5.65. The minimum absolute atomic E-state index is 0.201. The molecule has 0 aliphatic carbocycles. The van der Waals surface area contributed by atoms with Crippen molar-refractivity contribution in [2.75, 3.05) is 33.7 Å². The quantitative estimate of drug-likeness (QED) is 0.757. The number of benzene rings is 1. The van der Waals surface area contributed by atoms with E-state index in [4.69, 9.17) is 4.74 Å². The Balaban J connectivity index is 1.98. The lowest BCUT2D eigenvalue weighted by Gasteiger charge is -2.12. The molecule has 0 saturated carbocycles. The highest BCUT2D eigenvalue weighted by Crippen LogP contribution is 2.27. The van der Waals surface area contributed by atoms with E-state index in [1.807, 2.05) is 6.07 Å². The molecule has 116 valence electrons. The summed E-state index contributed by atoms with van der Waals surface area (Å²) in [5.74, 6) is 0.974. The molecule has 0 radical (unpaired) electrons. The summed E-state index contributed by atoms with van der Waals surface area (Å²) in [5.41, 5.74) is 1.24. The van der Waals surface area contributed by atoms with Crippen LogP contribution >= 0.6 is 0 Å². The first-order valence-corrected chi connectivity index (χ1v) is 7.68. The number of likely N-dealkylation sites (N-methyl/N-ethyl adjacent to an activating group) is 1. The van der Waals surface area contributed by atoms with E-state index < -0.39 is 0 Å². The van der Waals surface area contributed by atoms with Gasteiger partial charge < -0.3 is 19.5 Å². The van der Waals surface area contributed by atoms with E-state index in [2.05, 4.69) is 67.1 Å². The van der Waals surface area contributed by atoms with Crippen LogP contribution in [-0.4, -0.2) is 49.3 Å². The normalized spacial score (nSPS) is 11.7. The molecule has 4 nitrogen and oxygen atoms in total. The highest BCUT2D eigenvalue weighted by molar-refractivity contribution is 5.86. The fraction of sp³-hybridized carbons (Fsp3) is 0.529. The summed E-state index contributed by atoms with van der Waals surface area (Å²) in [7, 11) is 4.19. The summed E-state index contributed by atoms with van der Waals surface area (Å²) in [6.45, 7) is 8.16. The van der Waals surface area contributed by atoms with Crippen molar-refractivity contribution >= 4 is 10.9 Å². The van der Waals surface area contributed by atoms with Crippen LogP contribution in [0.2, 0.25) is 0 Å². The van der Waals surface area contributed by atoms with Crippen molar-refractivity contribution < 1.29 is 4.74 Å². The zero-order chi connectivity index (χ0) is 15.2. The molecule has 1 aromatic heterocycles. The average molecular weight is 289 g/mol. The van der Waals surface area contributed by atoms with Gasteiger partial charge in [0.25, 0.3) is 0 Å². The Morgan fingerprint density at radius 3 is 2.71 bits per heavy atom. The van der Waals surface area contributed by atoms with Gasteiger partial charge in [-0.2, -0.15) is 0 Å². The standard InChI is InChI=1S/C17H27N3O/c1-14(2)21-17-7-5-6-16-15(17)8-11-20(16)13-10-18-9-12-19(3)4/h5-8,11,14,18H,9-10,12-13H2,1-4H3. The number of ether oxygens (including phenoxy) is 1. The summed E-state index contributed by atoms with van der Waals surface area (Å²) in [5, 5.41) is 4.67. The van der Waals surface area contributed by atoms with E-state index in [1.165, 1.54) is 10.9 Å². The van der Waals surface area contributed by atoms with Crippen molar-refractivity contribution in [2.45, 2.75) is 26.5 Å². The minimum atomic E-state index is 0.201. The third-order valence-corrected chi connectivity index (χ3v) is 3.40. The first-order chi connectivity index (χ1) is 10.1. The van der Waals surface area contributed by atoms with Gasteiger partial charge in [0.1, 0.15) is 5.75 Å². The van der Waals surface area contributed by atoms with Crippen molar-refractivity contribution in [3.8, 4) is 5.75 Å². The number of aromatic nitrogens is 1. The molecular formula is C17H27N3O. The number of nitrogens with zero attached hydrogens (tertiary/aromatic N) is 2. The van der Waals surface area contributed by atoms with Crippen LogP contribution in [0.4, 0.5) is 0 Å². The largest absolute Gasteiger partial charge is 0.490 e. The summed E-state index contributed by atoms with van der Waals surface area (Å²) in [6, 6.07) is 8.41. The first kappa shape index (κ1) is 15.9. The lowest BCUT2D eigenvalue weighted by Crippen LogP contribution is -2.28. The second-order valence-corrected chi connectivity index (χ2v) is 5.92. The molecule has 1 N–H and O–H groups in total. The van der Waals surface area contributed by atoms with E-state index >= 15 is 0 Å². The van der Waals surface area contributed by atoms with Crippen molar-refractivity contribution in [3.05, 3.63) is 30.5 Å². The molecule has 1 heterocycles. The maximum absolute atomic E-state index is 5.88. The van der Waals surface area contributed by atoms with Gasteiger partial charge in [0, 0.05) is 37.8 Å². The lowest BCUT2D eigenvalue weighted by atomic mass is 10.2. The van der Waals surface area contributed by atoms with Crippen LogP contribution in [0.1, 0.15) is 13.8 Å². The molecular weight excluding hydrogens is 262 g/mol. The predicted molar refractivity (Wildman–Crippen MR) is 89.1 cm³/mol. The Morgan fingerprint density at radius 2 is 2.00 bits per heavy atom. The van der Waals surface area contributed by atoms with Crippen LogP contribution in [0.3, 0.4) is 0 Å². The molecule has 2 aromatic rings. The molecule has 0 saturated heterocycles. The summed E-state index contributed by atoms with van der Waals surface area (Å²) in [4.78, 5) is 2.19. The second-order valence-electron chi connectivity index (χ2n) is 5.92. The van der Waals surface area contributed by atoms with Crippen molar-refractivity contribution in [2.24, 2.45) is 0 Å². The minimum Gasteiger partial charge on any atom is -0.490 e. The molecule has 0 spiro atoms. The number of fused-ring (bicyclic) bond motifs is 1. The van der Waals surface area contributed by atoms with Crippen molar-refractivity contribution in [1.82, 2.24) is 14.8 Å². The number of hydrogen-bond donors (Lipinski definition) is 1. The van der Waals surface area contributed by atoms with E-state index in [0.717, 1.165) is 31.9 Å². The molecule has 4 heteroatoms. The van der Waals surface area contributed by atoms with Gasteiger partial charge in [-0.25, -0.2) is 0 Å². The van der Waals surface area contributed by atoms with Gasteiger partial charge in [0.2, 0.25) is 0 Å². The van der Waals surface area contributed by atoms with Gasteiger partial charge in [0.15, 0.2) is 0 Å². The van der Waals surface area contributed by atoms with Gasteiger partial charge in [-0.1, -0.05) is 6.07 Å². The van der Waals surface area contributed by atoms with Gasteiger partial charge in [-0.3, -0.25) is 0 Å². The molecule has 0 unspecified atom stereocenters. The van der Waals surface area contributed by atoms with Crippen molar-refractivity contribution in [1.29, 1.82) is 0 Å². The molecule has 0 aliphatic rings. The van der Waals surface area contributed by atoms with Gasteiger partial charge in [-0.05, 0) is 46.1 Å². The predicted octanol–water partition coefficient (Wildman–Crippen LogP) is 2.58. The third kappa shape index (κ3) is 4.48. The van der Waals surface area contributed by atoms with Crippen LogP contribution in [0.15, 0.2) is 30.5 Å². The summed E-state index contributed by atoms with van der Waals surface area (Å²) < 4.78 is 8.16. The highest BCUT2D eigenvalue weighted by Gasteiger charge is 2.07. The fourth-order valence-corrected chi connectivity index (χ4v) is 2.37. The SMILES string of the molecule is CC(C)Oc1cccc2c1ccn2CCNCCN(C)C. The Hall–Kier alpha value is -1.52. The van der Waals surface area contributed by atoms with E-state index in [9.17, 15) is 0 Å². The van der Waals surface area contributed by atoms with Gasteiger partial charge >= 0.3 is 0 Å². The topological polar surface area (TPSA) is 29.4 Å². The summed E-state index contributed by atoms with van der Waals surface area (Å²) >= 11 is 0. The van der Waals surface area contributed by atoms with Crippen LogP contribution in [0.25, 0.3) is 10.9 Å². The summed E-state index contributed by atoms with van der Waals surface area (Å²) in [6.07, 6.45) is 2.34. The van der Waals surface area contributed by atoms with Crippen LogP contribution < -0.4 is 10.1 Å². The number of nitrogens with one attached hydrogen (secondary N) is 1. The lowest BCUT2D eigenvalue weighted by molar-refractivity contribution is 0.245. The van der Waals surface area contributed by atoms with E-state index in [0.29, 0.717) is 0 Å². The van der Waals surface area contributed by atoms with E-state index in [-0.39, 0.29) is 6.10 Å². The maximum atomic E-state index is 5.88. The van der Waals surface area contributed by atoms with Gasteiger partial charge in [-0.15, -0.1) is 0 Å². The molecule has 0 fully saturated rings. The molecule has 0 atom stereocenters. The molecule has 0 bridgehead atoms. The molecule has 0 amide bonds. The average Bonchev–Trinajstić information content (AvgIpc) is 2.82. The fourth-order valence-electron chi connectivity index (χ4n) is 2.37. The highest BCUT2D eigenvalue weighted by atomic mass is 16.5. The van der Waals surface area contributed by atoms with Crippen LogP contribution in [0, 0.1) is 0 Å². The second kappa shape index (κ2) is 7.48. The maximum Gasteiger partial charge on any atom is 0.129 e. The molecule has 1 aromatic carbocycles. The smallest absolute Gasteiger partial charge is 0.129 e. The van der Waals surface area contributed by atoms with Crippen LogP contribution in [-0.2, 0) is 6.54 Å². The first-order valence-electron chi connectivity index (χ1n) is 7.68. The zero-order valence-electron chi connectivity index (χ0n) is 13.6. The molecule has 21 heavy (non-hydrogen) atoms. The zero-order valence-corrected chi connectivity index (χ0v) is 13.6.